The first-order valence-corrected chi connectivity index (χ1v) is 11.3. The number of carbonyl (C=O) groups is 2. The van der Waals surface area contributed by atoms with E-state index in [0.717, 1.165) is 4.90 Å². The number of benzene rings is 3. The van der Waals surface area contributed by atoms with Gasteiger partial charge in [-0.25, -0.2) is 9.48 Å². The predicted octanol–water partition coefficient (Wildman–Crippen LogP) is 3.71. The highest BCUT2D eigenvalue weighted by molar-refractivity contribution is 6.14. The number of aromatic amines is 1. The third-order valence-electron chi connectivity index (χ3n) is 5.98. The lowest BCUT2D eigenvalue weighted by Crippen LogP contribution is -2.30. The number of carbonyl (C=O) groups excluding carboxylic acids is 2. The van der Waals surface area contributed by atoms with Gasteiger partial charge in [-0.3, -0.25) is 29.7 Å². The molecule has 1 aliphatic heterocycles. The molecule has 0 spiro atoms. The van der Waals surface area contributed by atoms with Gasteiger partial charge in [0, 0.05) is 17.7 Å². The highest BCUT2D eigenvalue weighted by Crippen LogP contribution is 2.25. The van der Waals surface area contributed by atoms with Gasteiger partial charge in [0.15, 0.2) is 0 Å². The van der Waals surface area contributed by atoms with Crippen LogP contribution in [0.3, 0.4) is 0 Å². The fourth-order valence-electron chi connectivity index (χ4n) is 4.04. The Labute approximate surface area is 215 Å². The van der Waals surface area contributed by atoms with Crippen LogP contribution < -0.4 is 10.9 Å². The first-order valence-electron chi connectivity index (χ1n) is 11.3. The molecular formula is C27H18N6O5. The molecule has 186 valence electrons. The summed E-state index contributed by atoms with van der Waals surface area (Å²) in [6.07, 6.45) is 1.32. The SMILES string of the molecule is N#Cc1ccc(CN2C(=O)NC(=Cc3c(-c4ccccc4)[nH]n(-c4ccc([N+](=O)[O-])cc4)c3=O)C2=O)cc1. The number of rotatable bonds is 6. The van der Waals surface area contributed by atoms with Crippen LogP contribution in [0.15, 0.2) is 89.4 Å². The molecule has 1 aromatic heterocycles. The number of non-ortho nitro benzene ring substituents is 1. The molecule has 11 nitrogen and oxygen atoms in total. The average Bonchev–Trinajstić information content (AvgIpc) is 3.40. The van der Waals surface area contributed by atoms with Crippen molar-refractivity contribution in [2.45, 2.75) is 6.54 Å². The van der Waals surface area contributed by atoms with Crippen molar-refractivity contribution in [3.8, 4) is 23.0 Å². The van der Waals surface area contributed by atoms with Crippen molar-refractivity contribution in [1.29, 1.82) is 5.26 Å². The minimum absolute atomic E-state index is 0.0145. The monoisotopic (exact) mass is 506 g/mol. The fourth-order valence-corrected chi connectivity index (χ4v) is 4.04. The Balaban J connectivity index is 1.54. The Kier molecular flexibility index (Phi) is 6.12. The number of imide groups is 1. The lowest BCUT2D eigenvalue weighted by atomic mass is 10.1. The van der Waals surface area contributed by atoms with Gasteiger partial charge in [-0.15, -0.1) is 0 Å². The number of hydrogen-bond donors (Lipinski definition) is 2. The first kappa shape index (κ1) is 24.0. The lowest BCUT2D eigenvalue weighted by molar-refractivity contribution is -0.384. The number of nitrogens with one attached hydrogen (secondary N) is 2. The second kappa shape index (κ2) is 9.71. The summed E-state index contributed by atoms with van der Waals surface area (Å²) in [7, 11) is 0. The lowest BCUT2D eigenvalue weighted by Gasteiger charge is -2.11. The van der Waals surface area contributed by atoms with E-state index in [-0.39, 0.29) is 23.5 Å². The van der Waals surface area contributed by atoms with Crippen molar-refractivity contribution >= 4 is 23.7 Å². The van der Waals surface area contributed by atoms with E-state index >= 15 is 0 Å². The van der Waals surface area contributed by atoms with Crippen LogP contribution in [-0.4, -0.2) is 31.5 Å². The fraction of sp³-hybridized carbons (Fsp3) is 0.0370. The van der Waals surface area contributed by atoms with Crippen molar-refractivity contribution in [3.63, 3.8) is 0 Å². The molecule has 4 aromatic rings. The van der Waals surface area contributed by atoms with E-state index in [1.807, 2.05) is 12.1 Å². The van der Waals surface area contributed by atoms with E-state index in [2.05, 4.69) is 10.4 Å². The van der Waals surface area contributed by atoms with Crippen molar-refractivity contribution < 1.29 is 14.5 Å². The summed E-state index contributed by atoms with van der Waals surface area (Å²) >= 11 is 0. The Morgan fingerprint density at radius 1 is 0.947 bits per heavy atom. The van der Waals surface area contributed by atoms with Crippen LogP contribution in [0.4, 0.5) is 10.5 Å². The molecule has 38 heavy (non-hydrogen) atoms. The largest absolute Gasteiger partial charge is 0.329 e. The number of nitro benzene ring substituents is 1. The van der Waals surface area contributed by atoms with Gasteiger partial charge >= 0.3 is 6.03 Å². The van der Waals surface area contributed by atoms with E-state index in [0.29, 0.717) is 28.1 Å². The van der Waals surface area contributed by atoms with Crippen molar-refractivity contribution in [2.75, 3.05) is 0 Å². The van der Waals surface area contributed by atoms with Gasteiger partial charge in [-0.1, -0.05) is 42.5 Å². The van der Waals surface area contributed by atoms with Gasteiger partial charge in [0.25, 0.3) is 17.2 Å². The third-order valence-corrected chi connectivity index (χ3v) is 5.98. The number of H-pyrrole nitrogens is 1. The molecule has 0 aliphatic carbocycles. The van der Waals surface area contributed by atoms with E-state index in [9.17, 15) is 24.5 Å². The smallest absolute Gasteiger partial charge is 0.303 e. The molecule has 0 bridgehead atoms. The number of nitro groups is 1. The Morgan fingerprint density at radius 2 is 1.63 bits per heavy atom. The summed E-state index contributed by atoms with van der Waals surface area (Å²) in [6, 6.07) is 22.2. The minimum Gasteiger partial charge on any atom is -0.303 e. The molecule has 5 rings (SSSR count). The topological polar surface area (TPSA) is 154 Å². The second-order valence-corrected chi connectivity index (χ2v) is 8.37. The van der Waals surface area contributed by atoms with Crippen molar-refractivity contribution in [2.24, 2.45) is 0 Å². The van der Waals surface area contributed by atoms with Crippen molar-refractivity contribution in [1.82, 2.24) is 20.0 Å². The number of hydrogen-bond acceptors (Lipinski definition) is 6. The molecule has 2 heterocycles. The third kappa shape index (κ3) is 4.45. The number of amides is 3. The molecule has 3 amide bonds. The Bertz CT molecular complexity index is 1690. The molecule has 0 radical (unpaired) electrons. The Morgan fingerprint density at radius 3 is 2.26 bits per heavy atom. The zero-order valence-corrected chi connectivity index (χ0v) is 19.6. The molecule has 1 aliphatic rings. The zero-order chi connectivity index (χ0) is 26.8. The average molecular weight is 506 g/mol. The Hall–Kier alpha value is -5.76. The van der Waals surface area contributed by atoms with Crippen LogP contribution in [0.5, 0.6) is 0 Å². The van der Waals surface area contributed by atoms with Crippen LogP contribution in [0, 0.1) is 21.4 Å². The second-order valence-electron chi connectivity index (χ2n) is 8.37. The standard InChI is InChI=1S/C27H18N6O5/c28-15-17-6-8-18(9-7-17)16-31-26(35)23(29-27(31)36)14-22-24(19-4-2-1-3-5-19)30-32(25(22)34)20-10-12-21(13-11-20)33(37)38/h1-14,30H,16H2,(H,29,36). The minimum atomic E-state index is -0.641. The van der Waals surface area contributed by atoms with Crippen LogP contribution in [0.2, 0.25) is 0 Å². The summed E-state index contributed by atoms with van der Waals surface area (Å²) in [5, 5.41) is 25.5. The molecule has 0 unspecified atom stereocenters. The summed E-state index contributed by atoms with van der Waals surface area (Å²) < 4.78 is 1.22. The maximum atomic E-state index is 13.5. The summed E-state index contributed by atoms with van der Waals surface area (Å²) in [5.74, 6) is -0.610. The zero-order valence-electron chi connectivity index (χ0n) is 19.6. The van der Waals surface area contributed by atoms with Crippen LogP contribution in [-0.2, 0) is 11.3 Å². The maximum Gasteiger partial charge on any atom is 0.329 e. The normalized spacial score (nSPS) is 14.0. The maximum absolute atomic E-state index is 13.5. The predicted molar refractivity (Wildman–Crippen MR) is 137 cm³/mol. The molecule has 0 atom stereocenters. The molecule has 1 saturated heterocycles. The van der Waals surface area contributed by atoms with Gasteiger partial charge in [-0.2, -0.15) is 5.26 Å². The number of nitrogens with zero attached hydrogens (tertiary/aromatic N) is 4. The van der Waals surface area contributed by atoms with Crippen LogP contribution >= 0.6 is 0 Å². The molecule has 11 heteroatoms. The van der Waals surface area contributed by atoms with Crippen LogP contribution in [0.1, 0.15) is 16.7 Å². The van der Waals surface area contributed by atoms with Gasteiger partial charge in [0.1, 0.15) is 5.70 Å². The highest BCUT2D eigenvalue weighted by atomic mass is 16.6. The van der Waals surface area contributed by atoms with E-state index in [1.165, 1.54) is 35.0 Å². The van der Waals surface area contributed by atoms with Crippen LogP contribution in [0.25, 0.3) is 23.0 Å². The summed E-state index contributed by atoms with van der Waals surface area (Å²) in [6.45, 7) is -0.0145. The molecule has 2 N–H and O–H groups in total. The molecule has 0 saturated carbocycles. The number of urea groups is 1. The van der Waals surface area contributed by atoms with Gasteiger partial charge in [-0.05, 0) is 35.9 Å². The van der Waals surface area contributed by atoms with E-state index in [1.54, 1.807) is 48.5 Å². The molecule has 1 fully saturated rings. The van der Waals surface area contributed by atoms with Gasteiger partial charge in [0.2, 0.25) is 0 Å². The molecule has 3 aromatic carbocycles. The van der Waals surface area contributed by atoms with E-state index < -0.39 is 22.4 Å². The molecular weight excluding hydrogens is 488 g/mol. The number of aromatic nitrogens is 2. The summed E-state index contributed by atoms with van der Waals surface area (Å²) in [4.78, 5) is 50.7. The van der Waals surface area contributed by atoms with Gasteiger partial charge in [0.05, 0.1) is 40.0 Å². The quantitative estimate of drug-likeness (QED) is 0.176. The van der Waals surface area contributed by atoms with Crippen molar-refractivity contribution in [3.05, 3.63) is 122 Å². The van der Waals surface area contributed by atoms with E-state index in [4.69, 9.17) is 5.26 Å². The van der Waals surface area contributed by atoms with Gasteiger partial charge < -0.3 is 5.32 Å². The highest BCUT2D eigenvalue weighted by Gasteiger charge is 2.34. The summed E-state index contributed by atoms with van der Waals surface area (Å²) in [5.41, 5.74) is 1.92. The first-order chi connectivity index (χ1) is 18.4. The number of nitriles is 1.